The van der Waals surface area contributed by atoms with Gasteiger partial charge in [0.15, 0.2) is 0 Å². The zero-order valence-corrected chi connectivity index (χ0v) is 8.95. The average molecular weight is 229 g/mol. The molecule has 84 valence electrons. The van der Waals surface area contributed by atoms with E-state index in [1.54, 1.807) is 18.2 Å². The SMILES string of the molecule is N#CCc1cccc(F)c1-c1ccccc1F. The van der Waals surface area contributed by atoms with Crippen LogP contribution in [0.25, 0.3) is 11.1 Å². The summed E-state index contributed by atoms with van der Waals surface area (Å²) in [7, 11) is 0. The second kappa shape index (κ2) is 4.75. The fourth-order valence-electron chi connectivity index (χ4n) is 1.77. The molecule has 0 saturated carbocycles. The van der Waals surface area contributed by atoms with Crippen LogP contribution in [-0.2, 0) is 6.42 Å². The fraction of sp³-hybridized carbons (Fsp3) is 0.0714. The monoisotopic (exact) mass is 229 g/mol. The lowest BCUT2D eigenvalue weighted by atomic mass is 9.97. The Morgan fingerprint density at radius 1 is 0.941 bits per heavy atom. The first-order valence-corrected chi connectivity index (χ1v) is 5.13. The van der Waals surface area contributed by atoms with Crippen LogP contribution in [0.5, 0.6) is 0 Å². The van der Waals surface area contributed by atoms with E-state index in [4.69, 9.17) is 5.26 Å². The van der Waals surface area contributed by atoms with E-state index in [-0.39, 0.29) is 17.5 Å². The van der Waals surface area contributed by atoms with Gasteiger partial charge in [-0.1, -0.05) is 30.3 Å². The van der Waals surface area contributed by atoms with Gasteiger partial charge in [-0.3, -0.25) is 0 Å². The van der Waals surface area contributed by atoms with Crippen LogP contribution in [0, 0.1) is 23.0 Å². The normalized spacial score (nSPS) is 9.94. The van der Waals surface area contributed by atoms with Gasteiger partial charge in [-0.15, -0.1) is 0 Å². The molecule has 17 heavy (non-hydrogen) atoms. The molecule has 0 aromatic heterocycles. The summed E-state index contributed by atoms with van der Waals surface area (Å²) < 4.78 is 27.4. The maximum absolute atomic E-state index is 13.8. The van der Waals surface area contributed by atoms with Crippen LogP contribution in [0.3, 0.4) is 0 Å². The molecule has 0 aliphatic rings. The van der Waals surface area contributed by atoms with E-state index < -0.39 is 11.6 Å². The van der Waals surface area contributed by atoms with Gasteiger partial charge in [-0.05, 0) is 17.7 Å². The van der Waals surface area contributed by atoms with Gasteiger partial charge in [-0.2, -0.15) is 5.26 Å². The topological polar surface area (TPSA) is 23.8 Å². The van der Waals surface area contributed by atoms with E-state index in [0.717, 1.165) is 0 Å². The first-order chi connectivity index (χ1) is 8.24. The van der Waals surface area contributed by atoms with Gasteiger partial charge in [0.25, 0.3) is 0 Å². The first kappa shape index (κ1) is 11.3. The fourth-order valence-corrected chi connectivity index (χ4v) is 1.77. The van der Waals surface area contributed by atoms with Gasteiger partial charge >= 0.3 is 0 Å². The molecule has 0 aliphatic carbocycles. The van der Waals surface area contributed by atoms with Crippen LogP contribution in [0.4, 0.5) is 8.78 Å². The lowest BCUT2D eigenvalue weighted by molar-refractivity contribution is 0.615. The van der Waals surface area contributed by atoms with Crippen LogP contribution in [-0.4, -0.2) is 0 Å². The zero-order valence-electron chi connectivity index (χ0n) is 8.95. The molecule has 1 nitrogen and oxygen atoms in total. The van der Waals surface area contributed by atoms with Crippen LogP contribution < -0.4 is 0 Å². The molecule has 0 spiro atoms. The highest BCUT2D eigenvalue weighted by molar-refractivity contribution is 5.69. The number of nitrogens with zero attached hydrogens (tertiary/aromatic N) is 1. The quantitative estimate of drug-likeness (QED) is 0.770. The average Bonchev–Trinajstić information content (AvgIpc) is 2.31. The molecule has 0 heterocycles. The largest absolute Gasteiger partial charge is 0.206 e. The molecule has 2 aromatic rings. The third-order valence-electron chi connectivity index (χ3n) is 2.51. The molecular weight excluding hydrogens is 220 g/mol. The summed E-state index contributed by atoms with van der Waals surface area (Å²) in [5.41, 5.74) is 0.862. The van der Waals surface area contributed by atoms with Crippen LogP contribution in [0.15, 0.2) is 42.5 Å². The Balaban J connectivity index is 2.67. The summed E-state index contributed by atoms with van der Waals surface area (Å²) in [6.07, 6.45) is 0.0570. The molecule has 2 aromatic carbocycles. The molecule has 0 atom stereocenters. The summed E-state index contributed by atoms with van der Waals surface area (Å²) in [4.78, 5) is 0. The third kappa shape index (κ3) is 2.16. The van der Waals surface area contributed by atoms with Crippen molar-refractivity contribution in [3.05, 3.63) is 59.7 Å². The van der Waals surface area contributed by atoms with Gasteiger partial charge in [0, 0.05) is 11.1 Å². The van der Waals surface area contributed by atoms with Crippen molar-refractivity contribution < 1.29 is 8.78 Å². The summed E-state index contributed by atoms with van der Waals surface area (Å²) >= 11 is 0. The Morgan fingerprint density at radius 3 is 2.35 bits per heavy atom. The molecule has 0 bridgehead atoms. The smallest absolute Gasteiger partial charge is 0.131 e. The molecule has 2 rings (SSSR count). The Morgan fingerprint density at radius 2 is 1.65 bits per heavy atom. The van der Waals surface area contributed by atoms with Crippen molar-refractivity contribution in [3.63, 3.8) is 0 Å². The van der Waals surface area contributed by atoms with Crippen molar-refractivity contribution in [2.75, 3.05) is 0 Å². The summed E-state index contributed by atoms with van der Waals surface area (Å²) in [6, 6.07) is 12.3. The number of hydrogen-bond donors (Lipinski definition) is 0. The molecule has 3 heteroatoms. The number of rotatable bonds is 2. The van der Waals surface area contributed by atoms with E-state index in [9.17, 15) is 8.78 Å². The van der Waals surface area contributed by atoms with Crippen LogP contribution >= 0.6 is 0 Å². The highest BCUT2D eigenvalue weighted by Gasteiger charge is 2.13. The zero-order chi connectivity index (χ0) is 12.3. The Kier molecular flexibility index (Phi) is 3.15. The standard InChI is InChI=1S/C14H9F2N/c15-12-6-2-1-5-11(12)14-10(8-9-17)4-3-7-13(14)16/h1-7H,8H2. The number of benzene rings is 2. The van der Waals surface area contributed by atoms with Gasteiger partial charge in [0.2, 0.25) is 0 Å². The molecule has 0 radical (unpaired) electrons. The Hall–Kier alpha value is -2.21. The number of nitriles is 1. The lowest BCUT2D eigenvalue weighted by Crippen LogP contribution is -1.94. The van der Waals surface area contributed by atoms with Crippen LogP contribution in [0.2, 0.25) is 0 Å². The summed E-state index contributed by atoms with van der Waals surface area (Å²) in [5, 5.41) is 8.69. The van der Waals surface area contributed by atoms with E-state index >= 15 is 0 Å². The molecule has 0 aliphatic heterocycles. The van der Waals surface area contributed by atoms with Crippen molar-refractivity contribution in [1.29, 1.82) is 5.26 Å². The van der Waals surface area contributed by atoms with Crippen LogP contribution in [0.1, 0.15) is 5.56 Å². The predicted molar refractivity (Wildman–Crippen MR) is 61.1 cm³/mol. The predicted octanol–water partition coefficient (Wildman–Crippen LogP) is 3.70. The maximum Gasteiger partial charge on any atom is 0.131 e. The molecule has 0 N–H and O–H groups in total. The number of hydrogen-bond acceptors (Lipinski definition) is 1. The van der Waals surface area contributed by atoms with Crippen molar-refractivity contribution >= 4 is 0 Å². The van der Waals surface area contributed by atoms with Crippen molar-refractivity contribution in [1.82, 2.24) is 0 Å². The molecule has 0 saturated heterocycles. The molecule has 0 fully saturated rings. The van der Waals surface area contributed by atoms with Crippen molar-refractivity contribution in [2.24, 2.45) is 0 Å². The minimum atomic E-state index is -0.511. The second-order valence-electron chi connectivity index (χ2n) is 3.59. The van der Waals surface area contributed by atoms with Gasteiger partial charge in [0.05, 0.1) is 12.5 Å². The van der Waals surface area contributed by atoms with E-state index in [1.165, 1.54) is 24.3 Å². The minimum absolute atomic E-state index is 0.0570. The minimum Gasteiger partial charge on any atom is -0.206 e. The lowest BCUT2D eigenvalue weighted by Gasteiger charge is -2.09. The van der Waals surface area contributed by atoms with Gasteiger partial charge in [0.1, 0.15) is 11.6 Å². The third-order valence-corrected chi connectivity index (χ3v) is 2.51. The Bertz CT molecular complexity index is 585. The molecular formula is C14H9F2N. The molecule has 0 amide bonds. The molecule has 0 unspecified atom stereocenters. The highest BCUT2D eigenvalue weighted by Crippen LogP contribution is 2.29. The highest BCUT2D eigenvalue weighted by atomic mass is 19.1. The van der Waals surface area contributed by atoms with E-state index in [1.807, 2.05) is 6.07 Å². The summed E-state index contributed by atoms with van der Waals surface area (Å²) in [6.45, 7) is 0. The first-order valence-electron chi connectivity index (χ1n) is 5.13. The van der Waals surface area contributed by atoms with E-state index in [0.29, 0.717) is 5.56 Å². The van der Waals surface area contributed by atoms with Gasteiger partial charge < -0.3 is 0 Å². The van der Waals surface area contributed by atoms with Crippen molar-refractivity contribution in [3.8, 4) is 17.2 Å². The van der Waals surface area contributed by atoms with Gasteiger partial charge in [-0.25, -0.2) is 8.78 Å². The maximum atomic E-state index is 13.8. The second-order valence-corrected chi connectivity index (χ2v) is 3.59. The number of halogens is 2. The Labute approximate surface area is 97.9 Å². The van der Waals surface area contributed by atoms with E-state index in [2.05, 4.69) is 0 Å². The van der Waals surface area contributed by atoms with Crippen molar-refractivity contribution in [2.45, 2.75) is 6.42 Å². The summed E-state index contributed by atoms with van der Waals surface area (Å²) in [5.74, 6) is -1.00.